The van der Waals surface area contributed by atoms with Gasteiger partial charge in [0.25, 0.3) is 0 Å². The van der Waals surface area contributed by atoms with Gasteiger partial charge in [-0.2, -0.15) is 5.26 Å². The fraction of sp³-hybridized carbons (Fsp3) is 0.500. The van der Waals surface area contributed by atoms with E-state index >= 15 is 0 Å². The maximum atomic E-state index is 8.93. The molecule has 4 heteroatoms. The van der Waals surface area contributed by atoms with Gasteiger partial charge >= 0.3 is 0 Å². The van der Waals surface area contributed by atoms with E-state index in [1.807, 2.05) is 35.6 Å². The molecule has 0 N–H and O–H groups in total. The Hall–Kier alpha value is -1.83. The van der Waals surface area contributed by atoms with E-state index in [9.17, 15) is 0 Å². The molecule has 1 aliphatic heterocycles. The highest BCUT2D eigenvalue weighted by atomic mass is 32.1. The van der Waals surface area contributed by atoms with E-state index < -0.39 is 0 Å². The normalized spacial score (nSPS) is 20.6. The molecule has 2 heterocycles. The predicted octanol–water partition coefficient (Wildman–Crippen LogP) is 5.29. The van der Waals surface area contributed by atoms with Gasteiger partial charge in [0.05, 0.1) is 18.2 Å². The minimum atomic E-state index is 0.514. The zero-order valence-corrected chi connectivity index (χ0v) is 16.4. The van der Waals surface area contributed by atoms with Crippen molar-refractivity contribution in [2.75, 3.05) is 26.2 Å². The molecule has 0 amide bonds. The molecule has 0 saturated carbocycles. The van der Waals surface area contributed by atoms with Crippen LogP contribution < -0.4 is 4.74 Å². The molecule has 0 aliphatic carbocycles. The molecule has 3 nitrogen and oxygen atoms in total. The van der Waals surface area contributed by atoms with Crippen LogP contribution in [-0.4, -0.2) is 31.1 Å². The molecule has 1 aromatic carbocycles. The third-order valence-corrected chi connectivity index (χ3v) is 6.26. The number of rotatable bonds is 8. The lowest BCUT2D eigenvalue weighted by Gasteiger charge is -2.38. The van der Waals surface area contributed by atoms with Gasteiger partial charge in [-0.15, -0.1) is 11.3 Å². The van der Waals surface area contributed by atoms with E-state index in [0.29, 0.717) is 17.4 Å². The lowest BCUT2D eigenvalue weighted by Crippen LogP contribution is -2.42. The third kappa shape index (κ3) is 5.09. The number of unbranched alkanes of at least 4 members (excludes halogenated alkanes) is 2. The molecule has 0 spiro atoms. The summed E-state index contributed by atoms with van der Waals surface area (Å²) in [7, 11) is 0. The van der Waals surface area contributed by atoms with Gasteiger partial charge in [0, 0.05) is 23.3 Å². The molecule has 26 heavy (non-hydrogen) atoms. The van der Waals surface area contributed by atoms with Crippen molar-refractivity contribution in [2.45, 2.75) is 38.5 Å². The summed E-state index contributed by atoms with van der Waals surface area (Å²) in [6, 6.07) is 14.0. The molecule has 1 aromatic heterocycles. The van der Waals surface area contributed by atoms with Crippen molar-refractivity contribution in [3.8, 4) is 11.8 Å². The van der Waals surface area contributed by atoms with Crippen molar-refractivity contribution in [3.63, 3.8) is 0 Å². The Labute approximate surface area is 161 Å². The monoisotopic (exact) mass is 368 g/mol. The number of benzene rings is 1. The number of hydrogen-bond donors (Lipinski definition) is 0. The second-order valence-corrected chi connectivity index (χ2v) is 8.10. The van der Waals surface area contributed by atoms with Crippen LogP contribution >= 0.6 is 11.3 Å². The second-order valence-electron chi connectivity index (χ2n) is 7.13. The highest BCUT2D eigenvalue weighted by Gasteiger charge is 2.31. The minimum absolute atomic E-state index is 0.514. The zero-order valence-electron chi connectivity index (χ0n) is 15.6. The summed E-state index contributed by atoms with van der Waals surface area (Å²) >= 11 is 1.87. The summed E-state index contributed by atoms with van der Waals surface area (Å²) in [5, 5.41) is 11.1. The SMILES string of the molecule is CCCCCN1CCC(c2cccs2)C(COc2ccc(C#N)cc2)C1. The van der Waals surface area contributed by atoms with Crippen molar-refractivity contribution in [2.24, 2.45) is 5.92 Å². The lowest BCUT2D eigenvalue weighted by atomic mass is 9.84. The molecule has 3 rings (SSSR count). The number of likely N-dealkylation sites (tertiary alicyclic amines) is 1. The van der Waals surface area contributed by atoms with Gasteiger partial charge in [0.2, 0.25) is 0 Å². The first kappa shape index (κ1) is 18.9. The first-order valence-corrected chi connectivity index (χ1v) is 10.6. The van der Waals surface area contributed by atoms with Gasteiger partial charge in [0.15, 0.2) is 0 Å². The van der Waals surface area contributed by atoms with Gasteiger partial charge in [-0.05, 0) is 61.6 Å². The Morgan fingerprint density at radius 2 is 2.08 bits per heavy atom. The van der Waals surface area contributed by atoms with Crippen molar-refractivity contribution in [1.82, 2.24) is 4.90 Å². The molecule has 1 fully saturated rings. The molecule has 0 radical (unpaired) electrons. The number of thiophene rings is 1. The van der Waals surface area contributed by atoms with Crippen LogP contribution in [0.4, 0.5) is 0 Å². The Bertz CT molecular complexity index is 690. The van der Waals surface area contributed by atoms with Gasteiger partial charge in [-0.1, -0.05) is 25.8 Å². The Morgan fingerprint density at radius 1 is 1.23 bits per heavy atom. The highest BCUT2D eigenvalue weighted by molar-refractivity contribution is 7.10. The van der Waals surface area contributed by atoms with Crippen LogP contribution in [0.3, 0.4) is 0 Å². The second kappa shape index (κ2) is 9.75. The van der Waals surface area contributed by atoms with Crippen LogP contribution in [0.15, 0.2) is 41.8 Å². The Kier molecular flexibility index (Phi) is 7.11. The summed E-state index contributed by atoms with van der Waals surface area (Å²) in [6.07, 6.45) is 5.10. The number of hydrogen-bond acceptors (Lipinski definition) is 4. The molecular weight excluding hydrogens is 340 g/mol. The quantitative estimate of drug-likeness (QED) is 0.594. The largest absolute Gasteiger partial charge is 0.493 e. The predicted molar refractivity (Wildman–Crippen MR) is 108 cm³/mol. The van der Waals surface area contributed by atoms with Gasteiger partial charge < -0.3 is 9.64 Å². The van der Waals surface area contributed by atoms with Gasteiger partial charge in [-0.3, -0.25) is 0 Å². The van der Waals surface area contributed by atoms with Crippen molar-refractivity contribution in [3.05, 3.63) is 52.2 Å². The molecule has 1 aliphatic rings. The van der Waals surface area contributed by atoms with E-state index in [4.69, 9.17) is 10.00 Å². The van der Waals surface area contributed by atoms with E-state index in [1.165, 1.54) is 43.6 Å². The third-order valence-electron chi connectivity index (χ3n) is 5.25. The van der Waals surface area contributed by atoms with Crippen LogP contribution in [0.25, 0.3) is 0 Å². The maximum absolute atomic E-state index is 8.93. The van der Waals surface area contributed by atoms with Crippen LogP contribution in [0.1, 0.15) is 49.0 Å². The van der Waals surface area contributed by atoms with Crippen LogP contribution in [0, 0.1) is 17.2 Å². The highest BCUT2D eigenvalue weighted by Crippen LogP contribution is 2.36. The van der Waals surface area contributed by atoms with E-state index in [0.717, 1.165) is 18.9 Å². The zero-order chi connectivity index (χ0) is 18.2. The van der Waals surface area contributed by atoms with E-state index in [1.54, 1.807) is 0 Å². The number of piperidine rings is 1. The number of nitriles is 1. The summed E-state index contributed by atoms with van der Waals surface area (Å²) in [6.45, 7) is 6.51. The summed E-state index contributed by atoms with van der Waals surface area (Å²) in [5.41, 5.74) is 0.675. The maximum Gasteiger partial charge on any atom is 0.119 e. The van der Waals surface area contributed by atoms with Crippen LogP contribution in [-0.2, 0) is 0 Å². The Morgan fingerprint density at radius 3 is 2.77 bits per heavy atom. The van der Waals surface area contributed by atoms with E-state index in [-0.39, 0.29) is 0 Å². The van der Waals surface area contributed by atoms with Gasteiger partial charge in [0.1, 0.15) is 5.75 Å². The fourth-order valence-electron chi connectivity index (χ4n) is 3.77. The van der Waals surface area contributed by atoms with Crippen molar-refractivity contribution >= 4 is 11.3 Å². The summed E-state index contributed by atoms with van der Waals surface area (Å²) in [4.78, 5) is 4.11. The first-order valence-electron chi connectivity index (χ1n) is 9.69. The molecular formula is C22H28N2OS. The average Bonchev–Trinajstić information content (AvgIpc) is 3.21. The molecule has 0 bridgehead atoms. The lowest BCUT2D eigenvalue weighted by molar-refractivity contribution is 0.111. The van der Waals surface area contributed by atoms with Crippen LogP contribution in [0.5, 0.6) is 5.75 Å². The van der Waals surface area contributed by atoms with E-state index in [2.05, 4.69) is 35.4 Å². The standard InChI is InChI=1S/C22H28N2OS/c1-2-3-4-12-24-13-11-21(22-6-5-14-26-22)19(16-24)17-25-20-9-7-18(15-23)8-10-20/h5-10,14,19,21H,2-4,11-13,16-17H2,1H3. The molecule has 2 atom stereocenters. The van der Waals surface area contributed by atoms with Crippen molar-refractivity contribution < 1.29 is 4.74 Å². The summed E-state index contributed by atoms with van der Waals surface area (Å²) < 4.78 is 6.12. The van der Waals surface area contributed by atoms with Crippen molar-refractivity contribution in [1.29, 1.82) is 5.26 Å². The average molecular weight is 369 g/mol. The number of ether oxygens (including phenoxy) is 1. The smallest absolute Gasteiger partial charge is 0.119 e. The Balaban J connectivity index is 1.62. The molecule has 2 unspecified atom stereocenters. The minimum Gasteiger partial charge on any atom is -0.493 e. The molecule has 1 saturated heterocycles. The first-order chi connectivity index (χ1) is 12.8. The fourth-order valence-corrected chi connectivity index (χ4v) is 4.73. The van der Waals surface area contributed by atoms with Gasteiger partial charge in [-0.25, -0.2) is 0 Å². The topological polar surface area (TPSA) is 36.3 Å². The molecule has 2 aromatic rings. The number of nitrogens with zero attached hydrogens (tertiary/aromatic N) is 2. The summed E-state index contributed by atoms with van der Waals surface area (Å²) in [5.74, 6) is 1.97. The molecule has 138 valence electrons. The van der Waals surface area contributed by atoms with Crippen LogP contribution in [0.2, 0.25) is 0 Å².